The van der Waals surface area contributed by atoms with Gasteiger partial charge in [0, 0.05) is 6.04 Å². The van der Waals surface area contributed by atoms with Crippen LogP contribution < -0.4 is 5.32 Å². The Kier molecular flexibility index (Phi) is 7.75. The Bertz CT molecular complexity index is 311. The Morgan fingerprint density at radius 1 is 1.06 bits per heavy atom. The predicted octanol–water partition coefficient (Wildman–Crippen LogP) is 4.49. The molecule has 1 heteroatoms. The van der Waals surface area contributed by atoms with Crippen molar-refractivity contribution in [2.24, 2.45) is 0 Å². The highest BCUT2D eigenvalue weighted by molar-refractivity contribution is 5.25. The molecule has 0 saturated carbocycles. The lowest BCUT2D eigenvalue weighted by atomic mass is 9.98. The van der Waals surface area contributed by atoms with E-state index < -0.39 is 0 Å². The number of unbranched alkanes of at least 4 members (excludes halogenated alkanes) is 1. The number of hydrogen-bond donors (Lipinski definition) is 1. The maximum Gasteiger partial charge on any atom is 0.00702 e. The number of aryl methyl sites for hydroxylation is 2. The summed E-state index contributed by atoms with van der Waals surface area (Å²) in [6.45, 7) is 7.89. The van der Waals surface area contributed by atoms with Crippen molar-refractivity contribution < 1.29 is 0 Å². The monoisotopic (exact) mass is 247 g/mol. The summed E-state index contributed by atoms with van der Waals surface area (Å²) < 4.78 is 0. The van der Waals surface area contributed by atoms with Crippen LogP contribution in [0.4, 0.5) is 0 Å². The predicted molar refractivity (Wildman–Crippen MR) is 81.1 cm³/mol. The van der Waals surface area contributed by atoms with Crippen LogP contribution in [0.1, 0.15) is 57.1 Å². The molecule has 0 heterocycles. The molecule has 0 fully saturated rings. The summed E-state index contributed by atoms with van der Waals surface area (Å²) >= 11 is 0. The van der Waals surface area contributed by atoms with Gasteiger partial charge in [-0.25, -0.2) is 0 Å². The van der Waals surface area contributed by atoms with Crippen LogP contribution in [-0.4, -0.2) is 12.6 Å². The van der Waals surface area contributed by atoms with Crippen molar-refractivity contribution in [3.8, 4) is 0 Å². The number of hydrogen-bond acceptors (Lipinski definition) is 1. The van der Waals surface area contributed by atoms with Gasteiger partial charge in [0.25, 0.3) is 0 Å². The molecular formula is C17H29N. The molecule has 1 aromatic rings. The third kappa shape index (κ3) is 5.68. The molecule has 0 aliphatic rings. The minimum absolute atomic E-state index is 0.699. The van der Waals surface area contributed by atoms with Gasteiger partial charge in [0.15, 0.2) is 0 Å². The van der Waals surface area contributed by atoms with Gasteiger partial charge in [-0.2, -0.15) is 0 Å². The Hall–Kier alpha value is -0.820. The zero-order valence-corrected chi connectivity index (χ0v) is 12.3. The molecule has 0 aliphatic carbocycles. The van der Waals surface area contributed by atoms with E-state index in [1.807, 2.05) is 0 Å². The Morgan fingerprint density at radius 3 is 2.50 bits per heavy atom. The van der Waals surface area contributed by atoms with E-state index in [0.29, 0.717) is 6.04 Å². The van der Waals surface area contributed by atoms with Crippen LogP contribution >= 0.6 is 0 Å². The molecule has 1 nitrogen and oxygen atoms in total. The zero-order valence-electron chi connectivity index (χ0n) is 12.3. The first kappa shape index (κ1) is 15.2. The largest absolute Gasteiger partial charge is 0.314 e. The minimum Gasteiger partial charge on any atom is -0.314 e. The molecule has 0 amide bonds. The lowest BCUT2D eigenvalue weighted by Crippen LogP contribution is -2.30. The molecule has 0 spiro atoms. The molecule has 102 valence electrons. The van der Waals surface area contributed by atoms with Crippen molar-refractivity contribution in [3.63, 3.8) is 0 Å². The van der Waals surface area contributed by atoms with E-state index in [0.717, 1.165) is 6.54 Å². The van der Waals surface area contributed by atoms with Gasteiger partial charge in [0.05, 0.1) is 0 Å². The molecule has 0 aliphatic heterocycles. The van der Waals surface area contributed by atoms with E-state index in [9.17, 15) is 0 Å². The smallest absolute Gasteiger partial charge is 0.00702 e. The first-order valence-electron chi connectivity index (χ1n) is 7.55. The van der Waals surface area contributed by atoms with Crippen LogP contribution in [0.15, 0.2) is 24.3 Å². The van der Waals surface area contributed by atoms with E-state index in [2.05, 4.69) is 50.4 Å². The fraction of sp³-hybridized carbons (Fsp3) is 0.647. The van der Waals surface area contributed by atoms with Gasteiger partial charge in [0.2, 0.25) is 0 Å². The molecule has 1 aromatic carbocycles. The van der Waals surface area contributed by atoms with Gasteiger partial charge in [0.1, 0.15) is 0 Å². The van der Waals surface area contributed by atoms with Crippen LogP contribution in [0.3, 0.4) is 0 Å². The van der Waals surface area contributed by atoms with E-state index in [1.165, 1.54) is 49.7 Å². The lowest BCUT2D eigenvalue weighted by molar-refractivity contribution is 0.439. The molecule has 1 rings (SSSR count). The second-order valence-electron chi connectivity index (χ2n) is 5.26. The van der Waals surface area contributed by atoms with E-state index in [4.69, 9.17) is 0 Å². The second kappa shape index (κ2) is 9.16. The summed E-state index contributed by atoms with van der Waals surface area (Å²) in [5.41, 5.74) is 2.94. The topological polar surface area (TPSA) is 12.0 Å². The quantitative estimate of drug-likeness (QED) is 0.678. The fourth-order valence-electron chi connectivity index (χ4n) is 2.37. The van der Waals surface area contributed by atoms with Crippen molar-refractivity contribution in [2.75, 3.05) is 6.54 Å². The normalized spacial score (nSPS) is 12.6. The fourth-order valence-corrected chi connectivity index (χ4v) is 2.37. The SMILES string of the molecule is CCCCC(CCc1ccccc1C)NCCC. The highest BCUT2D eigenvalue weighted by Gasteiger charge is 2.08. The number of nitrogens with one attached hydrogen (secondary N) is 1. The van der Waals surface area contributed by atoms with Gasteiger partial charge in [-0.3, -0.25) is 0 Å². The molecular weight excluding hydrogens is 218 g/mol. The first-order chi connectivity index (χ1) is 8.77. The van der Waals surface area contributed by atoms with Gasteiger partial charge >= 0.3 is 0 Å². The molecule has 0 radical (unpaired) electrons. The van der Waals surface area contributed by atoms with Crippen LogP contribution in [0.25, 0.3) is 0 Å². The number of benzene rings is 1. The molecule has 1 N–H and O–H groups in total. The van der Waals surface area contributed by atoms with Crippen molar-refractivity contribution in [1.82, 2.24) is 5.32 Å². The second-order valence-corrected chi connectivity index (χ2v) is 5.26. The molecule has 18 heavy (non-hydrogen) atoms. The van der Waals surface area contributed by atoms with Crippen LogP contribution in [0.5, 0.6) is 0 Å². The highest BCUT2D eigenvalue weighted by atomic mass is 14.9. The summed E-state index contributed by atoms with van der Waals surface area (Å²) in [6, 6.07) is 9.47. The zero-order chi connectivity index (χ0) is 13.2. The van der Waals surface area contributed by atoms with Crippen LogP contribution in [0, 0.1) is 6.92 Å². The number of rotatable bonds is 9. The first-order valence-corrected chi connectivity index (χ1v) is 7.55. The van der Waals surface area contributed by atoms with Crippen molar-refractivity contribution in [3.05, 3.63) is 35.4 Å². The minimum atomic E-state index is 0.699. The van der Waals surface area contributed by atoms with Crippen LogP contribution in [-0.2, 0) is 6.42 Å². The molecule has 1 atom stereocenters. The Morgan fingerprint density at radius 2 is 1.83 bits per heavy atom. The molecule has 0 aromatic heterocycles. The Labute approximate surface area is 113 Å². The lowest BCUT2D eigenvalue weighted by Gasteiger charge is -2.18. The third-order valence-corrected chi connectivity index (χ3v) is 3.61. The van der Waals surface area contributed by atoms with Gasteiger partial charge in [-0.1, -0.05) is 51.0 Å². The average molecular weight is 247 g/mol. The standard InChI is InChI=1S/C17H29N/c1-4-6-11-17(18-14-5-2)13-12-16-10-8-7-9-15(16)3/h7-10,17-18H,4-6,11-14H2,1-3H3. The van der Waals surface area contributed by atoms with Gasteiger partial charge in [-0.05, 0) is 50.3 Å². The summed E-state index contributed by atoms with van der Waals surface area (Å²) in [7, 11) is 0. The summed E-state index contributed by atoms with van der Waals surface area (Å²) in [4.78, 5) is 0. The summed E-state index contributed by atoms with van der Waals surface area (Å²) in [5.74, 6) is 0. The molecule has 0 bridgehead atoms. The van der Waals surface area contributed by atoms with E-state index in [1.54, 1.807) is 0 Å². The Balaban J connectivity index is 2.42. The van der Waals surface area contributed by atoms with Crippen LogP contribution in [0.2, 0.25) is 0 Å². The average Bonchev–Trinajstić information content (AvgIpc) is 2.39. The third-order valence-electron chi connectivity index (χ3n) is 3.61. The summed E-state index contributed by atoms with van der Waals surface area (Å²) in [5, 5.41) is 3.69. The summed E-state index contributed by atoms with van der Waals surface area (Å²) in [6.07, 6.45) is 7.67. The van der Waals surface area contributed by atoms with Crippen molar-refractivity contribution in [2.45, 2.75) is 65.3 Å². The van der Waals surface area contributed by atoms with Crippen molar-refractivity contribution >= 4 is 0 Å². The van der Waals surface area contributed by atoms with Gasteiger partial charge in [-0.15, -0.1) is 0 Å². The maximum absolute atomic E-state index is 3.69. The van der Waals surface area contributed by atoms with Crippen molar-refractivity contribution in [1.29, 1.82) is 0 Å². The molecule has 0 saturated heterocycles. The maximum atomic E-state index is 3.69. The molecule has 1 unspecified atom stereocenters. The highest BCUT2D eigenvalue weighted by Crippen LogP contribution is 2.13. The van der Waals surface area contributed by atoms with E-state index in [-0.39, 0.29) is 0 Å². The van der Waals surface area contributed by atoms with Gasteiger partial charge < -0.3 is 5.32 Å². The van der Waals surface area contributed by atoms with E-state index >= 15 is 0 Å².